The molecule has 0 spiro atoms. The van der Waals surface area contributed by atoms with Crippen LogP contribution in [0.5, 0.6) is 0 Å². The third kappa shape index (κ3) is 1.97. The Morgan fingerprint density at radius 1 is 1.53 bits per heavy atom. The van der Waals surface area contributed by atoms with Crippen molar-refractivity contribution in [2.75, 3.05) is 13.7 Å². The highest BCUT2D eigenvalue weighted by Gasteiger charge is 2.46. The van der Waals surface area contributed by atoms with Gasteiger partial charge in [0.2, 0.25) is 0 Å². The molecule has 5 nitrogen and oxygen atoms in total. The Labute approximate surface area is 89.0 Å². The Bertz CT molecular complexity index is 279. The van der Waals surface area contributed by atoms with Crippen molar-refractivity contribution in [3.63, 3.8) is 0 Å². The van der Waals surface area contributed by atoms with Gasteiger partial charge in [0.1, 0.15) is 11.6 Å². The molecule has 2 atom stereocenters. The summed E-state index contributed by atoms with van der Waals surface area (Å²) in [6.45, 7) is 3.71. The van der Waals surface area contributed by atoms with E-state index in [1.165, 1.54) is 12.0 Å². The second-order valence-corrected chi connectivity index (χ2v) is 4.05. The third-order valence-corrected chi connectivity index (χ3v) is 3.07. The first-order valence-corrected chi connectivity index (χ1v) is 5.01. The number of hydrogen-bond acceptors (Lipinski definition) is 3. The van der Waals surface area contributed by atoms with Crippen LogP contribution in [0.1, 0.15) is 26.7 Å². The zero-order valence-corrected chi connectivity index (χ0v) is 9.32. The van der Waals surface area contributed by atoms with Crippen LogP contribution in [0.15, 0.2) is 0 Å². The number of ether oxygens (including phenoxy) is 1. The lowest BCUT2D eigenvalue weighted by Crippen LogP contribution is -2.53. The van der Waals surface area contributed by atoms with Crippen LogP contribution in [-0.4, -0.2) is 47.2 Å². The summed E-state index contributed by atoms with van der Waals surface area (Å²) in [6.07, 6.45) is 0.650. The number of carbonyl (C=O) groups excluding carboxylic acids is 1. The highest BCUT2D eigenvalue weighted by molar-refractivity contribution is 5.89. The molecule has 0 aromatic heterocycles. The van der Waals surface area contributed by atoms with Crippen LogP contribution in [0.3, 0.4) is 0 Å². The van der Waals surface area contributed by atoms with Gasteiger partial charge in [-0.05, 0) is 26.7 Å². The number of hydrogen-bond donors (Lipinski definition) is 1. The lowest BCUT2D eigenvalue weighted by molar-refractivity contribution is -0.159. The van der Waals surface area contributed by atoms with Gasteiger partial charge < -0.3 is 14.7 Å². The number of methoxy groups -OCH3 is 1. The molecule has 1 rings (SSSR count). The average Bonchev–Trinajstić information content (AvgIpc) is 2.59. The van der Waals surface area contributed by atoms with Crippen molar-refractivity contribution in [1.82, 2.24) is 4.90 Å². The van der Waals surface area contributed by atoms with Crippen molar-refractivity contribution in [2.45, 2.75) is 38.3 Å². The van der Waals surface area contributed by atoms with Crippen LogP contribution in [0.4, 0.5) is 0 Å². The van der Waals surface area contributed by atoms with E-state index < -0.39 is 17.6 Å². The van der Waals surface area contributed by atoms with Crippen LogP contribution in [0, 0.1) is 0 Å². The first kappa shape index (κ1) is 12.0. The molecule has 0 bridgehead atoms. The van der Waals surface area contributed by atoms with E-state index >= 15 is 0 Å². The van der Waals surface area contributed by atoms with Gasteiger partial charge in [-0.3, -0.25) is 4.79 Å². The van der Waals surface area contributed by atoms with E-state index in [9.17, 15) is 9.59 Å². The summed E-state index contributed by atoms with van der Waals surface area (Å²) in [5.74, 6) is -1.20. The molecule has 15 heavy (non-hydrogen) atoms. The van der Waals surface area contributed by atoms with Gasteiger partial charge in [-0.15, -0.1) is 0 Å². The molecule has 1 aliphatic heterocycles. The number of aliphatic carboxylic acids is 1. The average molecular weight is 215 g/mol. The Kier molecular flexibility index (Phi) is 3.34. The van der Waals surface area contributed by atoms with E-state index in [0.29, 0.717) is 13.0 Å². The van der Waals surface area contributed by atoms with Gasteiger partial charge in [0.25, 0.3) is 5.91 Å². The topological polar surface area (TPSA) is 66.8 Å². The predicted octanol–water partition coefficient (Wildman–Crippen LogP) is 0.487. The molecule has 1 aliphatic rings. The highest BCUT2D eigenvalue weighted by atomic mass is 16.5. The van der Waals surface area contributed by atoms with Gasteiger partial charge >= 0.3 is 5.97 Å². The fourth-order valence-corrected chi connectivity index (χ4v) is 1.86. The summed E-state index contributed by atoms with van der Waals surface area (Å²) >= 11 is 0. The molecule has 1 heterocycles. The second kappa shape index (κ2) is 4.18. The quantitative estimate of drug-likeness (QED) is 0.744. The number of carboxylic acids is 1. The molecule has 86 valence electrons. The highest BCUT2D eigenvalue weighted by Crippen LogP contribution is 2.29. The molecule has 0 aromatic rings. The number of carbonyl (C=O) groups is 2. The summed E-state index contributed by atoms with van der Waals surface area (Å²) in [7, 11) is 1.44. The fraction of sp³-hybridized carbons (Fsp3) is 0.800. The molecule has 0 saturated carbocycles. The van der Waals surface area contributed by atoms with Gasteiger partial charge in [0, 0.05) is 13.7 Å². The Hall–Kier alpha value is -1.10. The van der Waals surface area contributed by atoms with Crippen molar-refractivity contribution < 1.29 is 19.4 Å². The number of rotatable bonds is 3. The second-order valence-electron chi connectivity index (χ2n) is 4.05. The number of likely N-dealkylation sites (tertiary alicyclic amines) is 1. The maximum Gasteiger partial charge on any atom is 0.329 e. The van der Waals surface area contributed by atoms with Gasteiger partial charge in [-0.1, -0.05) is 0 Å². The number of carboxylic acid groups (broad SMARTS) is 1. The van der Waals surface area contributed by atoms with Crippen LogP contribution in [0.25, 0.3) is 0 Å². The maximum absolute atomic E-state index is 11.8. The normalized spacial score (nSPS) is 27.8. The van der Waals surface area contributed by atoms with E-state index in [2.05, 4.69) is 0 Å². The minimum atomic E-state index is -1.07. The van der Waals surface area contributed by atoms with E-state index in [-0.39, 0.29) is 5.91 Å². The first-order chi connectivity index (χ1) is 6.93. The van der Waals surface area contributed by atoms with Crippen molar-refractivity contribution in [3.05, 3.63) is 0 Å². The number of amides is 1. The molecular formula is C10H17NO4. The Morgan fingerprint density at radius 3 is 2.60 bits per heavy atom. The molecule has 1 fully saturated rings. The molecular weight excluding hydrogens is 198 g/mol. The molecule has 1 N–H and O–H groups in total. The van der Waals surface area contributed by atoms with Crippen LogP contribution < -0.4 is 0 Å². The van der Waals surface area contributed by atoms with Crippen molar-refractivity contribution in [2.24, 2.45) is 0 Å². The lowest BCUT2D eigenvalue weighted by Gasteiger charge is -2.32. The monoisotopic (exact) mass is 215 g/mol. The first-order valence-electron chi connectivity index (χ1n) is 5.01. The van der Waals surface area contributed by atoms with E-state index in [4.69, 9.17) is 9.84 Å². The van der Waals surface area contributed by atoms with E-state index in [1.807, 2.05) is 0 Å². The van der Waals surface area contributed by atoms with Gasteiger partial charge in [0.15, 0.2) is 0 Å². The van der Waals surface area contributed by atoms with Gasteiger partial charge in [-0.25, -0.2) is 4.79 Å². The molecule has 2 unspecified atom stereocenters. The molecule has 1 saturated heterocycles. The molecule has 0 radical (unpaired) electrons. The van der Waals surface area contributed by atoms with Gasteiger partial charge in [0.05, 0.1) is 0 Å². The summed E-state index contributed by atoms with van der Waals surface area (Å²) in [5, 5.41) is 9.11. The van der Waals surface area contributed by atoms with Crippen LogP contribution in [0.2, 0.25) is 0 Å². The molecule has 1 amide bonds. The minimum absolute atomic E-state index is 0.250. The number of nitrogens with zero attached hydrogens (tertiary/aromatic N) is 1. The zero-order chi connectivity index (χ0) is 11.6. The molecule has 5 heteroatoms. The molecule has 0 aliphatic carbocycles. The summed E-state index contributed by atoms with van der Waals surface area (Å²) in [5.41, 5.74) is -1.07. The lowest BCUT2D eigenvalue weighted by atomic mass is 9.99. The minimum Gasteiger partial charge on any atom is -0.480 e. The SMILES string of the molecule is COC(C)C(=O)N1CCCC1(C)C(=O)O. The largest absolute Gasteiger partial charge is 0.480 e. The van der Waals surface area contributed by atoms with Gasteiger partial charge in [-0.2, -0.15) is 0 Å². The Morgan fingerprint density at radius 2 is 2.13 bits per heavy atom. The van der Waals surface area contributed by atoms with Crippen molar-refractivity contribution in [3.8, 4) is 0 Å². The summed E-state index contributed by atoms with van der Waals surface area (Å²) in [4.78, 5) is 24.4. The third-order valence-electron chi connectivity index (χ3n) is 3.07. The maximum atomic E-state index is 11.8. The van der Waals surface area contributed by atoms with E-state index in [0.717, 1.165) is 6.42 Å². The van der Waals surface area contributed by atoms with Crippen LogP contribution >= 0.6 is 0 Å². The van der Waals surface area contributed by atoms with Crippen molar-refractivity contribution >= 4 is 11.9 Å². The fourth-order valence-electron chi connectivity index (χ4n) is 1.86. The smallest absolute Gasteiger partial charge is 0.329 e. The van der Waals surface area contributed by atoms with Crippen molar-refractivity contribution in [1.29, 1.82) is 0 Å². The standard InChI is InChI=1S/C10H17NO4/c1-7(15-3)8(12)11-6-4-5-10(11,2)9(13)14/h7H,4-6H2,1-3H3,(H,13,14). The molecule has 0 aromatic carbocycles. The Balaban J connectivity index is 2.86. The summed E-state index contributed by atoms with van der Waals surface area (Å²) < 4.78 is 4.91. The van der Waals surface area contributed by atoms with Crippen LogP contribution in [-0.2, 0) is 14.3 Å². The predicted molar refractivity (Wildman–Crippen MR) is 53.5 cm³/mol. The summed E-state index contributed by atoms with van der Waals surface area (Å²) in [6, 6.07) is 0. The zero-order valence-electron chi connectivity index (χ0n) is 9.32. The van der Waals surface area contributed by atoms with E-state index in [1.54, 1.807) is 13.8 Å².